The number of para-hydroxylation sites is 3. The number of aliphatic carboxylic acids is 1. The van der Waals surface area contributed by atoms with Crippen LogP contribution in [-0.4, -0.2) is 32.6 Å². The van der Waals surface area contributed by atoms with Crippen LogP contribution in [0.5, 0.6) is 5.75 Å². The topological polar surface area (TPSA) is 93.5 Å². The first kappa shape index (κ1) is 19.4. The van der Waals surface area contributed by atoms with Gasteiger partial charge in [0.2, 0.25) is 5.91 Å². The summed E-state index contributed by atoms with van der Waals surface area (Å²) in [6.45, 7) is 2.12. The van der Waals surface area contributed by atoms with Gasteiger partial charge in [-0.3, -0.25) is 9.59 Å². The normalized spacial score (nSPS) is 11.9. The summed E-state index contributed by atoms with van der Waals surface area (Å²) in [5, 5.41) is 11.6. The number of carboxylic acids is 1. The van der Waals surface area contributed by atoms with Gasteiger partial charge in [-0.2, -0.15) is 0 Å². The molecule has 1 unspecified atom stereocenters. The minimum absolute atomic E-state index is 0.0195. The van der Waals surface area contributed by atoms with Crippen LogP contribution in [0, 0.1) is 0 Å². The zero-order valence-corrected chi connectivity index (χ0v) is 15.7. The molecule has 2 N–H and O–H groups in total. The van der Waals surface area contributed by atoms with Gasteiger partial charge in [-0.15, -0.1) is 0 Å². The first-order chi connectivity index (χ1) is 13.5. The van der Waals surface area contributed by atoms with Gasteiger partial charge in [-0.05, 0) is 37.6 Å². The molecule has 1 aromatic heterocycles. The summed E-state index contributed by atoms with van der Waals surface area (Å²) in [6.07, 6.45) is 0.404. The molecule has 146 valence electrons. The monoisotopic (exact) mass is 381 g/mol. The molecule has 0 aliphatic heterocycles. The van der Waals surface area contributed by atoms with Crippen molar-refractivity contribution in [1.29, 1.82) is 0 Å². The fourth-order valence-corrected chi connectivity index (χ4v) is 2.95. The number of ether oxygens (including phenoxy) is 1. The first-order valence-corrected chi connectivity index (χ1v) is 9.16. The maximum absolute atomic E-state index is 12.5. The lowest BCUT2D eigenvalue weighted by Gasteiger charge is -2.15. The van der Waals surface area contributed by atoms with Crippen molar-refractivity contribution in [3.05, 3.63) is 60.4 Å². The van der Waals surface area contributed by atoms with Crippen molar-refractivity contribution in [3.63, 3.8) is 0 Å². The molecule has 0 saturated carbocycles. The standard InChI is InChI=1S/C21H23N3O4/c1-15(11-12-21(26)27)22-20(25)13-24-18-10-6-5-9-17(18)23-19(24)14-28-16-7-3-2-4-8-16/h2-10,15H,11-14H2,1H3,(H,22,25)(H,26,27). The summed E-state index contributed by atoms with van der Waals surface area (Å²) >= 11 is 0. The van der Waals surface area contributed by atoms with E-state index in [2.05, 4.69) is 10.3 Å². The Morgan fingerprint density at radius 3 is 2.61 bits per heavy atom. The number of hydrogen-bond acceptors (Lipinski definition) is 4. The van der Waals surface area contributed by atoms with E-state index in [0.717, 1.165) is 16.8 Å². The maximum atomic E-state index is 12.5. The second kappa shape index (κ2) is 9.03. The summed E-state index contributed by atoms with van der Waals surface area (Å²) in [6, 6.07) is 16.8. The van der Waals surface area contributed by atoms with E-state index in [0.29, 0.717) is 12.2 Å². The zero-order chi connectivity index (χ0) is 19.9. The fourth-order valence-electron chi connectivity index (χ4n) is 2.95. The van der Waals surface area contributed by atoms with Crippen molar-refractivity contribution in [2.24, 2.45) is 0 Å². The van der Waals surface area contributed by atoms with Crippen LogP contribution >= 0.6 is 0 Å². The van der Waals surface area contributed by atoms with Crippen molar-refractivity contribution in [2.45, 2.75) is 39.0 Å². The molecule has 7 nitrogen and oxygen atoms in total. The van der Waals surface area contributed by atoms with Gasteiger partial charge in [0.1, 0.15) is 24.7 Å². The van der Waals surface area contributed by atoms with E-state index in [1.54, 1.807) is 6.92 Å². The molecule has 1 atom stereocenters. The first-order valence-electron chi connectivity index (χ1n) is 9.16. The zero-order valence-electron chi connectivity index (χ0n) is 15.7. The quantitative estimate of drug-likeness (QED) is 0.594. The summed E-state index contributed by atoms with van der Waals surface area (Å²) in [4.78, 5) is 27.8. The number of fused-ring (bicyclic) bond motifs is 1. The van der Waals surface area contributed by atoms with E-state index < -0.39 is 5.97 Å². The molecule has 0 radical (unpaired) electrons. The molecule has 0 bridgehead atoms. The van der Waals surface area contributed by atoms with Crippen LogP contribution in [0.25, 0.3) is 11.0 Å². The van der Waals surface area contributed by atoms with Crippen LogP contribution in [0.4, 0.5) is 0 Å². The van der Waals surface area contributed by atoms with Crippen molar-refractivity contribution in [3.8, 4) is 5.75 Å². The number of nitrogens with one attached hydrogen (secondary N) is 1. The molecule has 0 fully saturated rings. The Bertz CT molecular complexity index is 953. The molecular formula is C21H23N3O4. The Labute approximate surface area is 163 Å². The van der Waals surface area contributed by atoms with E-state index in [9.17, 15) is 9.59 Å². The Hall–Kier alpha value is -3.35. The average Bonchev–Trinajstić information content (AvgIpc) is 3.03. The molecule has 1 amide bonds. The minimum Gasteiger partial charge on any atom is -0.486 e. The van der Waals surface area contributed by atoms with Gasteiger partial charge < -0.3 is 19.7 Å². The third kappa shape index (κ3) is 5.09. The van der Waals surface area contributed by atoms with Crippen LogP contribution in [0.2, 0.25) is 0 Å². The summed E-state index contributed by atoms with van der Waals surface area (Å²) in [5.41, 5.74) is 1.64. The number of benzene rings is 2. The van der Waals surface area contributed by atoms with E-state index in [1.165, 1.54) is 0 Å². The molecular weight excluding hydrogens is 358 g/mol. The fraction of sp³-hybridized carbons (Fsp3) is 0.286. The van der Waals surface area contributed by atoms with Gasteiger partial charge in [0.05, 0.1) is 11.0 Å². The number of aromatic nitrogens is 2. The summed E-state index contributed by atoms with van der Waals surface area (Å²) in [5.74, 6) is 0.315. The molecule has 7 heteroatoms. The Balaban J connectivity index is 1.73. The number of nitrogens with zero attached hydrogens (tertiary/aromatic N) is 2. The van der Waals surface area contributed by atoms with Gasteiger partial charge in [0, 0.05) is 12.5 Å². The number of amides is 1. The number of imidazole rings is 1. The lowest BCUT2D eigenvalue weighted by atomic mass is 10.2. The maximum Gasteiger partial charge on any atom is 0.303 e. The van der Waals surface area contributed by atoms with Gasteiger partial charge in [0.15, 0.2) is 0 Å². The van der Waals surface area contributed by atoms with Gasteiger partial charge >= 0.3 is 5.97 Å². The summed E-state index contributed by atoms with van der Waals surface area (Å²) < 4.78 is 7.64. The van der Waals surface area contributed by atoms with Crippen molar-refractivity contribution in [1.82, 2.24) is 14.9 Å². The number of carboxylic acid groups (broad SMARTS) is 1. The lowest BCUT2D eigenvalue weighted by Crippen LogP contribution is -2.35. The number of carbonyl (C=O) groups is 2. The van der Waals surface area contributed by atoms with Crippen LogP contribution < -0.4 is 10.1 Å². The highest BCUT2D eigenvalue weighted by atomic mass is 16.5. The predicted octanol–water partition coefficient (Wildman–Crippen LogP) is 2.98. The molecule has 0 aliphatic carbocycles. The van der Waals surface area contributed by atoms with Crippen LogP contribution in [0.3, 0.4) is 0 Å². The Kier molecular flexibility index (Phi) is 6.26. The molecule has 1 heterocycles. The van der Waals surface area contributed by atoms with Crippen molar-refractivity contribution < 1.29 is 19.4 Å². The second-order valence-electron chi connectivity index (χ2n) is 6.61. The van der Waals surface area contributed by atoms with E-state index in [1.807, 2.05) is 59.2 Å². The van der Waals surface area contributed by atoms with Crippen LogP contribution in [0.1, 0.15) is 25.6 Å². The second-order valence-corrected chi connectivity index (χ2v) is 6.61. The number of carbonyl (C=O) groups excluding carboxylic acids is 1. The van der Waals surface area contributed by atoms with E-state index in [-0.39, 0.29) is 31.5 Å². The molecule has 2 aromatic carbocycles. The minimum atomic E-state index is -0.873. The van der Waals surface area contributed by atoms with Gasteiger partial charge in [-0.25, -0.2) is 4.98 Å². The largest absolute Gasteiger partial charge is 0.486 e. The smallest absolute Gasteiger partial charge is 0.303 e. The molecule has 0 saturated heterocycles. The third-order valence-corrected chi connectivity index (χ3v) is 4.35. The lowest BCUT2D eigenvalue weighted by molar-refractivity contribution is -0.137. The average molecular weight is 381 g/mol. The van der Waals surface area contributed by atoms with Crippen molar-refractivity contribution in [2.75, 3.05) is 0 Å². The highest BCUT2D eigenvalue weighted by Crippen LogP contribution is 2.18. The SMILES string of the molecule is CC(CCC(=O)O)NC(=O)Cn1c(COc2ccccc2)nc2ccccc21. The molecule has 0 aliphatic rings. The van der Waals surface area contributed by atoms with Gasteiger partial charge in [-0.1, -0.05) is 30.3 Å². The summed E-state index contributed by atoms with van der Waals surface area (Å²) in [7, 11) is 0. The Morgan fingerprint density at radius 2 is 1.86 bits per heavy atom. The number of hydrogen-bond donors (Lipinski definition) is 2. The molecule has 3 rings (SSSR count). The Morgan fingerprint density at radius 1 is 1.14 bits per heavy atom. The van der Waals surface area contributed by atoms with Gasteiger partial charge in [0.25, 0.3) is 0 Å². The molecule has 3 aromatic rings. The highest BCUT2D eigenvalue weighted by Gasteiger charge is 2.16. The highest BCUT2D eigenvalue weighted by molar-refractivity contribution is 5.81. The van der Waals surface area contributed by atoms with E-state index >= 15 is 0 Å². The number of rotatable bonds is 9. The predicted molar refractivity (Wildman–Crippen MR) is 105 cm³/mol. The molecule has 28 heavy (non-hydrogen) atoms. The van der Waals surface area contributed by atoms with Crippen LogP contribution in [-0.2, 0) is 22.7 Å². The van der Waals surface area contributed by atoms with Crippen molar-refractivity contribution >= 4 is 22.9 Å². The molecule has 0 spiro atoms. The van der Waals surface area contributed by atoms with E-state index in [4.69, 9.17) is 9.84 Å². The van der Waals surface area contributed by atoms with Crippen LogP contribution in [0.15, 0.2) is 54.6 Å². The third-order valence-electron chi connectivity index (χ3n) is 4.35.